The second-order valence-electron chi connectivity index (χ2n) is 2.90. The molecule has 0 aliphatic rings. The Bertz CT molecular complexity index is 480. The molecule has 0 N–H and O–H groups in total. The molecule has 68 valence electrons. The second kappa shape index (κ2) is 3.35. The lowest BCUT2D eigenvalue weighted by molar-refractivity contribution is 0.542. The molecule has 1 aromatic heterocycles. The smallest absolute Gasteiger partial charge is 0.227 e. The molecule has 0 unspecified atom stereocenters. The Labute approximate surface area is 81.6 Å². The highest BCUT2D eigenvalue weighted by molar-refractivity contribution is 5.54. The van der Waals surface area contributed by atoms with Gasteiger partial charge in [0.25, 0.3) is 0 Å². The monoisotopic (exact) mass is 184 g/mol. The first-order valence-corrected chi connectivity index (χ1v) is 4.24. The SMILES string of the molecule is Cc1oc(-c2ccccc2)nc1C#N. The minimum atomic E-state index is 0.351. The van der Waals surface area contributed by atoms with Crippen LogP contribution in [0.4, 0.5) is 0 Å². The topological polar surface area (TPSA) is 49.8 Å². The number of oxazole rings is 1. The molecule has 0 aliphatic heterocycles. The summed E-state index contributed by atoms with van der Waals surface area (Å²) < 4.78 is 5.36. The zero-order chi connectivity index (χ0) is 9.97. The number of nitriles is 1. The van der Waals surface area contributed by atoms with Crippen molar-refractivity contribution < 1.29 is 4.42 Å². The minimum absolute atomic E-state index is 0.351. The van der Waals surface area contributed by atoms with E-state index in [0.717, 1.165) is 5.56 Å². The molecule has 0 saturated heterocycles. The van der Waals surface area contributed by atoms with Crippen LogP contribution in [0.1, 0.15) is 11.5 Å². The number of aromatic nitrogens is 1. The average molecular weight is 184 g/mol. The maximum Gasteiger partial charge on any atom is 0.227 e. The first-order valence-electron chi connectivity index (χ1n) is 4.24. The van der Waals surface area contributed by atoms with Crippen molar-refractivity contribution in [2.24, 2.45) is 0 Å². The predicted molar refractivity (Wildman–Crippen MR) is 51.4 cm³/mol. The number of nitrogens with zero attached hydrogens (tertiary/aromatic N) is 2. The first kappa shape index (κ1) is 8.52. The minimum Gasteiger partial charge on any atom is -0.440 e. The molecule has 0 spiro atoms. The Morgan fingerprint density at radius 1 is 1.29 bits per heavy atom. The van der Waals surface area contributed by atoms with Crippen LogP contribution >= 0.6 is 0 Å². The molecule has 0 saturated carbocycles. The third-order valence-corrected chi connectivity index (χ3v) is 1.92. The Morgan fingerprint density at radius 2 is 2.00 bits per heavy atom. The van der Waals surface area contributed by atoms with Gasteiger partial charge in [-0.25, -0.2) is 0 Å². The van der Waals surface area contributed by atoms with Gasteiger partial charge in [0.1, 0.15) is 11.8 Å². The van der Waals surface area contributed by atoms with Crippen molar-refractivity contribution in [2.45, 2.75) is 6.92 Å². The van der Waals surface area contributed by atoms with E-state index in [4.69, 9.17) is 9.68 Å². The standard InChI is InChI=1S/C11H8N2O/c1-8-10(7-12)13-11(14-8)9-5-3-2-4-6-9/h2-6H,1H3. The summed E-state index contributed by atoms with van der Waals surface area (Å²) in [6.07, 6.45) is 0. The molecule has 1 heterocycles. The van der Waals surface area contributed by atoms with Crippen molar-refractivity contribution in [3.05, 3.63) is 41.8 Å². The molecule has 0 bridgehead atoms. The lowest BCUT2D eigenvalue weighted by Gasteiger charge is -1.91. The lowest BCUT2D eigenvalue weighted by atomic mass is 10.2. The van der Waals surface area contributed by atoms with Crippen LogP contribution in [0.25, 0.3) is 11.5 Å². The van der Waals surface area contributed by atoms with Crippen LogP contribution in [0.5, 0.6) is 0 Å². The fourth-order valence-corrected chi connectivity index (χ4v) is 1.20. The van der Waals surface area contributed by atoms with Crippen LogP contribution in [0.3, 0.4) is 0 Å². The number of hydrogen-bond donors (Lipinski definition) is 0. The molecule has 0 aliphatic carbocycles. The Balaban J connectivity index is 2.50. The van der Waals surface area contributed by atoms with Crippen LogP contribution < -0.4 is 0 Å². The molecular weight excluding hydrogens is 176 g/mol. The molecule has 3 heteroatoms. The zero-order valence-electron chi connectivity index (χ0n) is 7.69. The number of benzene rings is 1. The molecule has 2 aromatic rings. The summed E-state index contributed by atoms with van der Waals surface area (Å²) in [5.41, 5.74) is 1.24. The van der Waals surface area contributed by atoms with E-state index in [1.165, 1.54) is 0 Å². The third-order valence-electron chi connectivity index (χ3n) is 1.92. The molecule has 0 radical (unpaired) electrons. The fraction of sp³-hybridized carbons (Fsp3) is 0.0909. The number of hydrogen-bond acceptors (Lipinski definition) is 3. The van der Waals surface area contributed by atoms with Crippen LogP contribution in [0.2, 0.25) is 0 Å². The first-order chi connectivity index (χ1) is 6.81. The second-order valence-corrected chi connectivity index (χ2v) is 2.90. The van der Waals surface area contributed by atoms with Crippen molar-refractivity contribution >= 4 is 0 Å². The van der Waals surface area contributed by atoms with E-state index in [1.54, 1.807) is 6.92 Å². The summed E-state index contributed by atoms with van der Waals surface area (Å²) in [5, 5.41) is 8.71. The molecule has 3 nitrogen and oxygen atoms in total. The van der Waals surface area contributed by atoms with Crippen LogP contribution in [0, 0.1) is 18.3 Å². The molecule has 0 fully saturated rings. The Kier molecular flexibility index (Phi) is 2.04. The van der Waals surface area contributed by atoms with Gasteiger partial charge in [-0.15, -0.1) is 0 Å². The highest BCUT2D eigenvalue weighted by Gasteiger charge is 2.09. The van der Waals surface area contributed by atoms with Crippen molar-refractivity contribution in [1.29, 1.82) is 5.26 Å². The van der Waals surface area contributed by atoms with Gasteiger partial charge >= 0.3 is 0 Å². The van der Waals surface area contributed by atoms with Crippen molar-refractivity contribution in [3.63, 3.8) is 0 Å². The summed E-state index contributed by atoms with van der Waals surface area (Å²) in [5.74, 6) is 1.06. The van der Waals surface area contributed by atoms with Crippen molar-refractivity contribution in [2.75, 3.05) is 0 Å². The molecule has 0 amide bonds. The molecule has 0 atom stereocenters. The zero-order valence-corrected chi connectivity index (χ0v) is 7.69. The van der Waals surface area contributed by atoms with Gasteiger partial charge in [-0.05, 0) is 19.1 Å². The van der Waals surface area contributed by atoms with E-state index in [9.17, 15) is 0 Å². The summed E-state index contributed by atoms with van der Waals surface area (Å²) >= 11 is 0. The van der Waals surface area contributed by atoms with Gasteiger partial charge < -0.3 is 4.42 Å². The average Bonchev–Trinajstić information content (AvgIpc) is 2.61. The molecular formula is C11H8N2O. The quantitative estimate of drug-likeness (QED) is 0.684. The van der Waals surface area contributed by atoms with Gasteiger partial charge in [0.15, 0.2) is 5.69 Å². The van der Waals surface area contributed by atoms with Gasteiger partial charge in [-0.3, -0.25) is 0 Å². The van der Waals surface area contributed by atoms with E-state index in [2.05, 4.69) is 4.98 Å². The van der Waals surface area contributed by atoms with Crippen molar-refractivity contribution in [1.82, 2.24) is 4.98 Å². The van der Waals surface area contributed by atoms with Gasteiger partial charge in [-0.2, -0.15) is 10.2 Å². The van der Waals surface area contributed by atoms with E-state index < -0.39 is 0 Å². The highest BCUT2D eigenvalue weighted by atomic mass is 16.4. The predicted octanol–water partition coefficient (Wildman–Crippen LogP) is 2.52. The van der Waals surface area contributed by atoms with Crippen LogP contribution in [-0.2, 0) is 0 Å². The normalized spacial score (nSPS) is 9.71. The van der Waals surface area contributed by atoms with Gasteiger partial charge in [0.2, 0.25) is 5.89 Å². The summed E-state index contributed by atoms with van der Waals surface area (Å²) in [7, 11) is 0. The summed E-state index contributed by atoms with van der Waals surface area (Å²) in [6.45, 7) is 1.73. The molecule has 2 rings (SSSR count). The van der Waals surface area contributed by atoms with Gasteiger partial charge in [0.05, 0.1) is 0 Å². The van der Waals surface area contributed by atoms with Crippen molar-refractivity contribution in [3.8, 4) is 17.5 Å². The Hall–Kier alpha value is -2.08. The van der Waals surface area contributed by atoms with E-state index in [-0.39, 0.29) is 0 Å². The van der Waals surface area contributed by atoms with Gasteiger partial charge in [-0.1, -0.05) is 18.2 Å². The molecule has 1 aromatic carbocycles. The lowest BCUT2D eigenvalue weighted by Crippen LogP contribution is -1.77. The Morgan fingerprint density at radius 3 is 2.57 bits per heavy atom. The number of aryl methyl sites for hydroxylation is 1. The van der Waals surface area contributed by atoms with E-state index in [0.29, 0.717) is 17.3 Å². The van der Waals surface area contributed by atoms with Gasteiger partial charge in [0, 0.05) is 5.56 Å². The summed E-state index contributed by atoms with van der Waals surface area (Å²) in [4.78, 5) is 4.07. The summed E-state index contributed by atoms with van der Waals surface area (Å²) in [6, 6.07) is 11.5. The largest absolute Gasteiger partial charge is 0.440 e. The number of rotatable bonds is 1. The highest BCUT2D eigenvalue weighted by Crippen LogP contribution is 2.20. The van der Waals surface area contributed by atoms with Crippen LogP contribution in [0.15, 0.2) is 34.7 Å². The maximum absolute atomic E-state index is 8.71. The van der Waals surface area contributed by atoms with E-state index >= 15 is 0 Å². The third kappa shape index (κ3) is 1.38. The maximum atomic E-state index is 8.71. The molecule has 14 heavy (non-hydrogen) atoms. The van der Waals surface area contributed by atoms with E-state index in [1.807, 2.05) is 36.4 Å². The van der Waals surface area contributed by atoms with Crippen LogP contribution in [-0.4, -0.2) is 4.98 Å². The fourth-order valence-electron chi connectivity index (χ4n) is 1.20.